The summed E-state index contributed by atoms with van der Waals surface area (Å²) in [5.41, 5.74) is 0. The Morgan fingerprint density at radius 2 is 1.72 bits per heavy atom. The molecule has 1 aliphatic heterocycles. The van der Waals surface area contributed by atoms with Crippen LogP contribution in [0.2, 0.25) is 0 Å². The number of fused-ring (bicyclic) bond motifs is 1. The van der Waals surface area contributed by atoms with E-state index in [0.29, 0.717) is 48.9 Å². The molecule has 0 saturated heterocycles. The van der Waals surface area contributed by atoms with Crippen molar-refractivity contribution in [1.29, 1.82) is 0 Å². The SMILES string of the molecule is O=C(CC(C1CC1)C1CC1)NS(=O)(=O)c1ccc2c(c1)OCCCO2. The van der Waals surface area contributed by atoms with E-state index in [1.165, 1.54) is 37.8 Å². The van der Waals surface area contributed by atoms with Crippen LogP contribution in [0.15, 0.2) is 23.1 Å². The van der Waals surface area contributed by atoms with E-state index in [2.05, 4.69) is 4.72 Å². The predicted octanol–water partition coefficient (Wildman–Crippen LogP) is 2.48. The van der Waals surface area contributed by atoms with Gasteiger partial charge in [-0.2, -0.15) is 0 Å². The third kappa shape index (κ3) is 3.92. The molecule has 1 N–H and O–H groups in total. The van der Waals surface area contributed by atoms with Crippen molar-refractivity contribution in [2.45, 2.75) is 43.4 Å². The van der Waals surface area contributed by atoms with Gasteiger partial charge in [0.2, 0.25) is 5.91 Å². The van der Waals surface area contributed by atoms with Crippen LogP contribution in [0.5, 0.6) is 11.5 Å². The maximum Gasteiger partial charge on any atom is 0.264 e. The summed E-state index contributed by atoms with van der Waals surface area (Å²) < 4.78 is 38.3. The van der Waals surface area contributed by atoms with Crippen LogP contribution in [-0.4, -0.2) is 27.5 Å². The molecule has 0 atom stereocenters. The summed E-state index contributed by atoms with van der Waals surface area (Å²) in [5, 5.41) is 0. The minimum Gasteiger partial charge on any atom is -0.490 e. The van der Waals surface area contributed by atoms with Crippen LogP contribution in [0, 0.1) is 17.8 Å². The lowest BCUT2D eigenvalue weighted by Gasteiger charge is -2.15. The van der Waals surface area contributed by atoms with Crippen LogP contribution in [0.1, 0.15) is 38.5 Å². The van der Waals surface area contributed by atoms with E-state index in [0.717, 1.165) is 6.42 Å². The highest BCUT2D eigenvalue weighted by atomic mass is 32.2. The normalized spacial score (nSPS) is 20.2. The van der Waals surface area contributed by atoms with Crippen LogP contribution in [0.4, 0.5) is 0 Å². The first-order valence-corrected chi connectivity index (χ1v) is 10.5. The number of carbonyl (C=O) groups excluding carboxylic acids is 1. The molecule has 0 unspecified atom stereocenters. The third-order valence-electron chi connectivity index (χ3n) is 5.15. The first kappa shape index (κ1) is 16.7. The van der Waals surface area contributed by atoms with Gasteiger partial charge in [-0.1, -0.05) is 0 Å². The third-order valence-corrected chi connectivity index (χ3v) is 6.52. The molecule has 0 aromatic heterocycles. The first-order chi connectivity index (χ1) is 12.0. The summed E-state index contributed by atoms with van der Waals surface area (Å²) in [5.74, 6) is 2.10. The largest absolute Gasteiger partial charge is 0.490 e. The predicted molar refractivity (Wildman–Crippen MR) is 90.9 cm³/mol. The summed E-state index contributed by atoms with van der Waals surface area (Å²) in [7, 11) is -3.90. The smallest absolute Gasteiger partial charge is 0.264 e. The number of hydrogen-bond donors (Lipinski definition) is 1. The second kappa shape index (κ2) is 6.52. The summed E-state index contributed by atoms with van der Waals surface area (Å²) in [6, 6.07) is 4.45. The lowest BCUT2D eigenvalue weighted by Crippen LogP contribution is -2.32. The Kier molecular flexibility index (Phi) is 4.35. The zero-order chi connectivity index (χ0) is 17.4. The molecule has 7 heteroatoms. The van der Waals surface area contributed by atoms with Gasteiger partial charge in [0.25, 0.3) is 10.0 Å². The number of sulfonamides is 1. The summed E-state index contributed by atoms with van der Waals surface area (Å²) in [6.07, 6.45) is 5.73. The van der Waals surface area contributed by atoms with Crippen LogP contribution >= 0.6 is 0 Å². The zero-order valence-corrected chi connectivity index (χ0v) is 14.9. The van der Waals surface area contributed by atoms with E-state index in [1.807, 2.05) is 0 Å². The Labute approximate surface area is 147 Å². The van der Waals surface area contributed by atoms with Gasteiger partial charge in [0.15, 0.2) is 11.5 Å². The van der Waals surface area contributed by atoms with Gasteiger partial charge in [-0.05, 0) is 55.6 Å². The average molecular weight is 365 g/mol. The fourth-order valence-electron chi connectivity index (χ4n) is 3.54. The summed E-state index contributed by atoms with van der Waals surface area (Å²) in [6.45, 7) is 1.02. The highest BCUT2D eigenvalue weighted by Gasteiger charge is 2.42. The Bertz CT molecular complexity index is 756. The van der Waals surface area contributed by atoms with Crippen molar-refractivity contribution in [3.8, 4) is 11.5 Å². The molecule has 0 spiro atoms. The number of ether oxygens (including phenoxy) is 2. The standard InChI is InChI=1S/C18H23NO5S/c20-18(11-15(12-2-3-12)13-4-5-13)19-25(21,22)14-6-7-16-17(10-14)24-9-1-8-23-16/h6-7,10,12-13,15H,1-5,8-9,11H2,(H,19,20). The fourth-order valence-corrected chi connectivity index (χ4v) is 4.55. The van der Waals surface area contributed by atoms with Crippen LogP contribution in [-0.2, 0) is 14.8 Å². The maximum atomic E-state index is 12.5. The van der Waals surface area contributed by atoms with Crippen molar-refractivity contribution >= 4 is 15.9 Å². The lowest BCUT2D eigenvalue weighted by atomic mass is 9.94. The molecule has 3 aliphatic rings. The van der Waals surface area contributed by atoms with Gasteiger partial charge in [-0.15, -0.1) is 0 Å². The first-order valence-electron chi connectivity index (χ1n) is 8.98. The number of rotatable bonds is 6. The Morgan fingerprint density at radius 1 is 1.08 bits per heavy atom. The van der Waals surface area contributed by atoms with Gasteiger partial charge in [0, 0.05) is 18.9 Å². The van der Waals surface area contributed by atoms with E-state index in [4.69, 9.17) is 9.47 Å². The molecule has 1 aromatic carbocycles. The minimum atomic E-state index is -3.90. The molecule has 4 rings (SSSR count). The Balaban J connectivity index is 1.45. The average Bonchev–Trinajstić information content (AvgIpc) is 3.46. The molecule has 1 aromatic rings. The number of hydrogen-bond acceptors (Lipinski definition) is 5. The molecular weight excluding hydrogens is 342 g/mol. The van der Waals surface area contributed by atoms with Crippen LogP contribution in [0.25, 0.3) is 0 Å². The Hall–Kier alpha value is -1.76. The van der Waals surface area contributed by atoms with E-state index < -0.39 is 15.9 Å². The highest BCUT2D eigenvalue weighted by molar-refractivity contribution is 7.90. The van der Waals surface area contributed by atoms with Gasteiger partial charge in [0.05, 0.1) is 18.1 Å². The second-order valence-electron chi connectivity index (χ2n) is 7.23. The van der Waals surface area contributed by atoms with E-state index in [1.54, 1.807) is 6.07 Å². The number of carbonyl (C=O) groups is 1. The minimum absolute atomic E-state index is 0.0273. The van der Waals surface area contributed by atoms with Gasteiger partial charge >= 0.3 is 0 Å². The monoisotopic (exact) mass is 365 g/mol. The molecule has 0 radical (unpaired) electrons. The molecule has 6 nitrogen and oxygen atoms in total. The highest BCUT2D eigenvalue weighted by Crippen LogP contribution is 2.50. The van der Waals surface area contributed by atoms with Crippen LogP contribution < -0.4 is 14.2 Å². The van der Waals surface area contributed by atoms with E-state index >= 15 is 0 Å². The van der Waals surface area contributed by atoms with Gasteiger partial charge in [-0.3, -0.25) is 4.79 Å². The van der Waals surface area contributed by atoms with Crippen molar-refractivity contribution in [3.63, 3.8) is 0 Å². The molecule has 2 saturated carbocycles. The van der Waals surface area contributed by atoms with Crippen molar-refractivity contribution in [1.82, 2.24) is 4.72 Å². The van der Waals surface area contributed by atoms with Crippen molar-refractivity contribution in [2.24, 2.45) is 17.8 Å². The van der Waals surface area contributed by atoms with Crippen molar-refractivity contribution in [3.05, 3.63) is 18.2 Å². The van der Waals surface area contributed by atoms with Gasteiger partial charge < -0.3 is 9.47 Å². The molecule has 2 fully saturated rings. The topological polar surface area (TPSA) is 81.7 Å². The van der Waals surface area contributed by atoms with E-state index in [-0.39, 0.29) is 4.90 Å². The number of amides is 1. The maximum absolute atomic E-state index is 12.5. The number of benzene rings is 1. The van der Waals surface area contributed by atoms with E-state index in [9.17, 15) is 13.2 Å². The summed E-state index contributed by atoms with van der Waals surface area (Å²) >= 11 is 0. The number of nitrogens with one attached hydrogen (secondary N) is 1. The van der Waals surface area contributed by atoms with Crippen molar-refractivity contribution in [2.75, 3.05) is 13.2 Å². The Morgan fingerprint density at radius 3 is 2.36 bits per heavy atom. The quantitative estimate of drug-likeness (QED) is 0.837. The van der Waals surface area contributed by atoms with Crippen LogP contribution in [0.3, 0.4) is 0 Å². The molecular formula is C18H23NO5S. The molecule has 25 heavy (non-hydrogen) atoms. The van der Waals surface area contributed by atoms with Crippen molar-refractivity contribution < 1.29 is 22.7 Å². The molecule has 1 heterocycles. The van der Waals surface area contributed by atoms with Gasteiger partial charge in [0.1, 0.15) is 0 Å². The second-order valence-corrected chi connectivity index (χ2v) is 8.91. The van der Waals surface area contributed by atoms with Gasteiger partial charge in [-0.25, -0.2) is 13.1 Å². The fraction of sp³-hybridized carbons (Fsp3) is 0.611. The molecule has 0 bridgehead atoms. The molecule has 2 aliphatic carbocycles. The summed E-state index contributed by atoms with van der Waals surface area (Å²) in [4.78, 5) is 12.3. The zero-order valence-electron chi connectivity index (χ0n) is 14.1. The molecule has 136 valence electrons. The lowest BCUT2D eigenvalue weighted by molar-refractivity contribution is -0.120. The molecule has 1 amide bonds.